The first-order chi connectivity index (χ1) is 17.9. The molecule has 2 aromatic carbocycles. The van der Waals surface area contributed by atoms with E-state index in [1.807, 2.05) is 0 Å². The molecule has 1 atom stereocenters. The van der Waals surface area contributed by atoms with E-state index in [-0.39, 0.29) is 34.3 Å². The zero-order chi connectivity index (χ0) is 27.6. The Bertz CT molecular complexity index is 1380. The van der Waals surface area contributed by atoms with Crippen molar-refractivity contribution in [3.63, 3.8) is 0 Å². The highest BCUT2D eigenvalue weighted by atomic mass is 35.5. The molecule has 2 heterocycles. The highest BCUT2D eigenvalue weighted by Gasteiger charge is 2.38. The number of carbonyl (C=O) groups excluding carboxylic acids is 2. The normalized spacial score (nSPS) is 15.1. The molecule has 0 spiro atoms. The molecule has 1 unspecified atom stereocenters. The molecule has 0 radical (unpaired) electrons. The quantitative estimate of drug-likeness (QED) is 0.261. The molecule has 0 aliphatic carbocycles. The van der Waals surface area contributed by atoms with Crippen molar-refractivity contribution in [2.75, 3.05) is 30.0 Å². The maximum atomic E-state index is 15.2. The molecule has 0 fully saturated rings. The second-order valence-electron chi connectivity index (χ2n) is 10.3. The molecule has 200 valence electrons. The van der Waals surface area contributed by atoms with Crippen LogP contribution in [0.25, 0.3) is 11.1 Å². The van der Waals surface area contributed by atoms with Gasteiger partial charge in [-0.2, -0.15) is 0 Å². The largest absolute Gasteiger partial charge is 0.381 e. The first-order valence-electron chi connectivity index (χ1n) is 12.0. The first kappa shape index (κ1) is 27.8. The molecule has 11 heteroatoms. The van der Waals surface area contributed by atoms with E-state index >= 15 is 4.39 Å². The van der Waals surface area contributed by atoms with Crippen molar-refractivity contribution in [3.05, 3.63) is 76.8 Å². The molecule has 6 nitrogen and oxygen atoms in total. The number of halogens is 4. The van der Waals surface area contributed by atoms with Gasteiger partial charge in [0.1, 0.15) is 29.9 Å². The van der Waals surface area contributed by atoms with Crippen LogP contribution in [-0.2, 0) is 14.3 Å². The summed E-state index contributed by atoms with van der Waals surface area (Å²) in [6, 6.07) is 9.51. The van der Waals surface area contributed by atoms with Gasteiger partial charge in [0.05, 0.1) is 23.0 Å². The Morgan fingerprint density at radius 3 is 2.61 bits per heavy atom. The summed E-state index contributed by atoms with van der Waals surface area (Å²) in [7, 11) is -1.40. The Labute approximate surface area is 224 Å². The minimum atomic E-state index is -1.40. The Morgan fingerprint density at radius 1 is 1.13 bits per heavy atom. The number of carbonyl (C=O) groups is 2. The molecule has 1 aliphatic heterocycles. The number of hydrogen-bond acceptors (Lipinski definition) is 4. The van der Waals surface area contributed by atoms with Crippen molar-refractivity contribution in [2.45, 2.75) is 31.6 Å². The molecular weight excluding hydrogens is 535 g/mol. The number of hydrogen-bond donors (Lipinski definition) is 1. The lowest BCUT2D eigenvalue weighted by molar-refractivity contribution is -0.123. The predicted octanol–water partition coefficient (Wildman–Crippen LogP) is 6.24. The number of nitrogens with zero attached hydrogens (tertiary/aromatic N) is 2. The number of benzene rings is 2. The van der Waals surface area contributed by atoms with Crippen LogP contribution in [0.1, 0.15) is 11.6 Å². The number of pyridine rings is 1. The molecule has 1 aromatic heterocycles. The molecule has 0 saturated heterocycles. The average Bonchev–Trinajstić information content (AvgIpc) is 2.92. The SMILES string of the molecule is C[Si](C)(C)CCOCC1C(=O)N(CC(=O)Nc2ccc(Cl)c(F)c2)c2cc(F)cc(F)c2-c2cccnc21. The second kappa shape index (κ2) is 11.3. The van der Waals surface area contributed by atoms with Crippen LogP contribution in [0, 0.1) is 17.5 Å². The van der Waals surface area contributed by atoms with Gasteiger partial charge in [-0.15, -0.1) is 0 Å². The highest BCUT2D eigenvalue weighted by Crippen LogP contribution is 2.42. The summed E-state index contributed by atoms with van der Waals surface area (Å²) < 4.78 is 49.4. The number of anilines is 2. The van der Waals surface area contributed by atoms with E-state index in [2.05, 4.69) is 29.9 Å². The van der Waals surface area contributed by atoms with Crippen molar-refractivity contribution in [1.29, 1.82) is 0 Å². The molecule has 38 heavy (non-hydrogen) atoms. The Kier molecular flexibility index (Phi) is 8.24. The predicted molar refractivity (Wildman–Crippen MR) is 144 cm³/mol. The summed E-state index contributed by atoms with van der Waals surface area (Å²) in [5.74, 6) is -4.81. The molecule has 0 saturated carbocycles. The smallest absolute Gasteiger partial charge is 0.244 e. The first-order valence-corrected chi connectivity index (χ1v) is 16.1. The molecule has 2 amide bonds. The lowest BCUT2D eigenvalue weighted by Gasteiger charge is -2.26. The maximum Gasteiger partial charge on any atom is 0.244 e. The van der Waals surface area contributed by atoms with Crippen LogP contribution in [0.5, 0.6) is 0 Å². The number of nitrogens with one attached hydrogen (secondary N) is 1. The van der Waals surface area contributed by atoms with Crippen LogP contribution in [0.2, 0.25) is 30.7 Å². The summed E-state index contributed by atoms with van der Waals surface area (Å²) in [6.07, 6.45) is 1.49. The zero-order valence-electron chi connectivity index (χ0n) is 21.2. The van der Waals surface area contributed by atoms with Crippen molar-refractivity contribution >= 4 is 42.9 Å². The topological polar surface area (TPSA) is 71.5 Å². The highest BCUT2D eigenvalue weighted by molar-refractivity contribution is 6.76. The molecular formula is C27H27ClF3N3O3Si. The number of fused-ring (bicyclic) bond motifs is 3. The Morgan fingerprint density at radius 2 is 1.89 bits per heavy atom. The van der Waals surface area contributed by atoms with E-state index in [9.17, 15) is 18.4 Å². The van der Waals surface area contributed by atoms with E-state index in [0.29, 0.717) is 12.2 Å². The van der Waals surface area contributed by atoms with Gasteiger partial charge in [0.2, 0.25) is 11.8 Å². The maximum absolute atomic E-state index is 15.2. The van der Waals surface area contributed by atoms with Gasteiger partial charge in [-0.1, -0.05) is 37.3 Å². The number of aromatic nitrogens is 1. The van der Waals surface area contributed by atoms with E-state index in [0.717, 1.165) is 29.1 Å². The fourth-order valence-corrected chi connectivity index (χ4v) is 5.06. The zero-order valence-corrected chi connectivity index (χ0v) is 22.9. The fraction of sp³-hybridized carbons (Fsp3) is 0.296. The van der Waals surface area contributed by atoms with Crippen molar-refractivity contribution < 1.29 is 27.5 Å². The van der Waals surface area contributed by atoms with Gasteiger partial charge < -0.3 is 15.0 Å². The van der Waals surface area contributed by atoms with E-state index < -0.39 is 49.8 Å². The molecule has 1 N–H and O–H groups in total. The third kappa shape index (κ3) is 6.25. The number of rotatable bonds is 8. The molecule has 0 bridgehead atoms. The molecule has 3 aromatic rings. The van der Waals surface area contributed by atoms with E-state index in [1.54, 1.807) is 12.1 Å². The third-order valence-corrected chi connectivity index (χ3v) is 8.12. The second-order valence-corrected chi connectivity index (χ2v) is 16.3. The van der Waals surface area contributed by atoms with Gasteiger partial charge in [0, 0.05) is 43.8 Å². The lowest BCUT2D eigenvalue weighted by Crippen LogP contribution is -2.41. The van der Waals surface area contributed by atoms with Crippen LogP contribution in [0.4, 0.5) is 24.5 Å². The summed E-state index contributed by atoms with van der Waals surface area (Å²) in [6.45, 7) is 6.39. The molecule has 1 aliphatic rings. The minimum absolute atomic E-state index is 0.0437. The fourth-order valence-electron chi connectivity index (χ4n) is 4.18. The van der Waals surface area contributed by atoms with Crippen molar-refractivity contribution in [3.8, 4) is 11.1 Å². The summed E-state index contributed by atoms with van der Waals surface area (Å²) in [4.78, 5) is 32.2. The van der Waals surface area contributed by atoms with E-state index in [4.69, 9.17) is 16.3 Å². The monoisotopic (exact) mass is 561 g/mol. The number of ether oxygens (including phenoxy) is 1. The van der Waals surface area contributed by atoms with Crippen LogP contribution in [0.3, 0.4) is 0 Å². The Hall–Kier alpha value is -3.21. The summed E-state index contributed by atoms with van der Waals surface area (Å²) in [5, 5.41) is 2.38. The van der Waals surface area contributed by atoms with Crippen LogP contribution in [-0.4, -0.2) is 44.6 Å². The summed E-state index contributed by atoms with van der Waals surface area (Å²) in [5.41, 5.74) is 0.553. The average molecular weight is 562 g/mol. The van der Waals surface area contributed by atoms with Crippen molar-refractivity contribution in [2.24, 2.45) is 0 Å². The van der Waals surface area contributed by atoms with Gasteiger partial charge in [0.15, 0.2) is 0 Å². The minimum Gasteiger partial charge on any atom is -0.381 e. The van der Waals surface area contributed by atoms with Gasteiger partial charge in [-0.25, -0.2) is 13.2 Å². The van der Waals surface area contributed by atoms with Crippen LogP contribution < -0.4 is 10.2 Å². The van der Waals surface area contributed by atoms with Gasteiger partial charge in [-0.3, -0.25) is 14.6 Å². The number of amides is 2. The van der Waals surface area contributed by atoms with E-state index in [1.165, 1.54) is 18.3 Å². The van der Waals surface area contributed by atoms with Crippen LogP contribution >= 0.6 is 11.6 Å². The van der Waals surface area contributed by atoms with Gasteiger partial charge in [-0.05, 0) is 36.4 Å². The summed E-state index contributed by atoms with van der Waals surface area (Å²) >= 11 is 5.71. The van der Waals surface area contributed by atoms with Crippen LogP contribution in [0.15, 0.2) is 48.7 Å². The Balaban J connectivity index is 1.71. The van der Waals surface area contributed by atoms with Gasteiger partial charge >= 0.3 is 0 Å². The lowest BCUT2D eigenvalue weighted by atomic mass is 9.96. The standard InChI is InChI=1S/C27H27ClF3N3O3Si/c1-38(2,3)10-9-37-15-19-26-18(5-4-8-32-26)25-22(31)11-16(29)12-23(25)34(27(19)36)14-24(35)33-17-6-7-20(28)21(30)13-17/h4-8,11-13,19H,9-10,14-15H2,1-3H3,(H,33,35). The third-order valence-electron chi connectivity index (χ3n) is 6.11. The van der Waals surface area contributed by atoms with Crippen molar-refractivity contribution in [1.82, 2.24) is 4.98 Å². The molecule has 4 rings (SSSR count). The van der Waals surface area contributed by atoms with Gasteiger partial charge in [0.25, 0.3) is 0 Å².